The molecule has 2 aliphatic rings. The van der Waals surface area contributed by atoms with Crippen LogP contribution in [0.25, 0.3) is 11.0 Å². The number of para-hydroxylation sites is 1. The minimum Gasteiger partial charge on any atom is -0.459 e. The van der Waals surface area contributed by atoms with Crippen molar-refractivity contribution in [3.05, 3.63) is 36.1 Å². The molecule has 2 N–H and O–H groups in total. The van der Waals surface area contributed by atoms with Gasteiger partial charge in [-0.3, -0.25) is 9.69 Å². The molecule has 6 heteroatoms. The monoisotopic (exact) mass is 355 g/mol. The molecule has 1 aromatic carbocycles. The zero-order valence-electron chi connectivity index (χ0n) is 15.1. The summed E-state index contributed by atoms with van der Waals surface area (Å²) in [4.78, 5) is 27.3. The van der Waals surface area contributed by atoms with Crippen LogP contribution in [0.2, 0.25) is 0 Å². The van der Waals surface area contributed by atoms with Crippen LogP contribution in [-0.4, -0.2) is 35.5 Å². The largest absolute Gasteiger partial charge is 0.459 e. The number of urea groups is 1. The van der Waals surface area contributed by atoms with Gasteiger partial charge in [-0.15, -0.1) is 0 Å². The van der Waals surface area contributed by atoms with E-state index in [9.17, 15) is 9.59 Å². The maximum Gasteiger partial charge on any atom is 0.325 e. The van der Waals surface area contributed by atoms with E-state index in [4.69, 9.17) is 4.42 Å². The van der Waals surface area contributed by atoms with Gasteiger partial charge in [0.2, 0.25) is 0 Å². The van der Waals surface area contributed by atoms with Crippen LogP contribution in [0.1, 0.15) is 38.4 Å². The number of piperidine rings is 1. The summed E-state index contributed by atoms with van der Waals surface area (Å²) in [5.74, 6) is 0.713. The van der Waals surface area contributed by atoms with Gasteiger partial charge in [0.05, 0.1) is 6.54 Å². The van der Waals surface area contributed by atoms with E-state index >= 15 is 0 Å². The summed E-state index contributed by atoms with van der Waals surface area (Å²) in [6.45, 7) is 4.02. The number of carbonyl (C=O) groups is 2. The summed E-state index contributed by atoms with van der Waals surface area (Å²) in [7, 11) is 0. The first-order chi connectivity index (χ1) is 12.6. The zero-order valence-corrected chi connectivity index (χ0v) is 15.1. The van der Waals surface area contributed by atoms with E-state index in [2.05, 4.69) is 17.6 Å². The molecule has 0 saturated carbocycles. The summed E-state index contributed by atoms with van der Waals surface area (Å²) in [5, 5.41) is 7.38. The first-order valence-corrected chi connectivity index (χ1v) is 9.46. The van der Waals surface area contributed by atoms with E-state index in [1.807, 2.05) is 30.3 Å². The first kappa shape index (κ1) is 17.1. The van der Waals surface area contributed by atoms with Gasteiger partial charge in [0, 0.05) is 5.39 Å². The second-order valence-corrected chi connectivity index (χ2v) is 7.32. The van der Waals surface area contributed by atoms with Crippen LogP contribution in [0.5, 0.6) is 0 Å². The van der Waals surface area contributed by atoms with Crippen LogP contribution in [-0.2, 0) is 11.3 Å². The number of carbonyl (C=O) groups excluding carboxylic acids is 2. The normalized spacial score (nSPS) is 24.4. The smallest absolute Gasteiger partial charge is 0.325 e. The third-order valence-electron chi connectivity index (χ3n) is 5.67. The highest BCUT2D eigenvalue weighted by Crippen LogP contribution is 2.36. The van der Waals surface area contributed by atoms with E-state index in [1.54, 1.807) is 0 Å². The Bertz CT molecular complexity index is 792. The molecule has 0 bridgehead atoms. The maximum atomic E-state index is 13.3. The molecule has 3 amide bonds. The number of nitrogens with zero attached hydrogens (tertiary/aromatic N) is 1. The minimum absolute atomic E-state index is 0.100. The predicted octanol–water partition coefficient (Wildman–Crippen LogP) is 3.02. The number of furan rings is 1. The molecule has 2 saturated heterocycles. The molecule has 2 fully saturated rings. The summed E-state index contributed by atoms with van der Waals surface area (Å²) >= 11 is 0. The third kappa shape index (κ3) is 2.78. The van der Waals surface area contributed by atoms with E-state index in [-0.39, 0.29) is 24.4 Å². The average molecular weight is 355 g/mol. The van der Waals surface area contributed by atoms with Crippen LogP contribution in [0.15, 0.2) is 34.7 Å². The fourth-order valence-corrected chi connectivity index (χ4v) is 4.42. The van der Waals surface area contributed by atoms with Crippen molar-refractivity contribution in [2.75, 3.05) is 13.1 Å². The fraction of sp³-hybridized carbons (Fsp3) is 0.500. The number of rotatable bonds is 5. The van der Waals surface area contributed by atoms with Gasteiger partial charge in [0.1, 0.15) is 16.9 Å². The number of benzene rings is 1. The molecule has 1 atom stereocenters. The molecule has 2 aliphatic heterocycles. The van der Waals surface area contributed by atoms with Crippen molar-refractivity contribution in [1.82, 2.24) is 15.5 Å². The summed E-state index contributed by atoms with van der Waals surface area (Å²) in [6.07, 6.45) is 3.35. The lowest BCUT2D eigenvalue weighted by Crippen LogP contribution is -2.55. The molecular weight excluding hydrogens is 330 g/mol. The van der Waals surface area contributed by atoms with Gasteiger partial charge >= 0.3 is 6.03 Å². The molecule has 2 aromatic rings. The molecular formula is C20H25N3O3. The average Bonchev–Trinajstić information content (AvgIpc) is 3.17. The van der Waals surface area contributed by atoms with E-state index in [0.29, 0.717) is 12.2 Å². The minimum atomic E-state index is -0.764. The van der Waals surface area contributed by atoms with Crippen molar-refractivity contribution < 1.29 is 14.0 Å². The molecule has 1 aromatic heterocycles. The van der Waals surface area contributed by atoms with E-state index < -0.39 is 5.54 Å². The number of hydrogen-bond donors (Lipinski definition) is 2. The van der Waals surface area contributed by atoms with E-state index in [1.165, 1.54) is 4.90 Å². The van der Waals surface area contributed by atoms with Gasteiger partial charge in [-0.1, -0.05) is 31.5 Å². The SMILES string of the molecule is CCC[C@@]1(C2CCNCC2)NC(=O)N(Cc2cc3ccccc3o2)C1=O. The Morgan fingerprint density at radius 1 is 1.23 bits per heavy atom. The first-order valence-electron chi connectivity index (χ1n) is 9.46. The quantitative estimate of drug-likeness (QED) is 0.809. The van der Waals surface area contributed by atoms with Crippen LogP contribution in [0, 0.1) is 5.92 Å². The fourth-order valence-electron chi connectivity index (χ4n) is 4.42. The van der Waals surface area contributed by atoms with Gasteiger partial charge in [-0.2, -0.15) is 0 Å². The van der Waals surface area contributed by atoms with Gasteiger partial charge in [-0.05, 0) is 50.4 Å². The molecule has 0 unspecified atom stereocenters. The second kappa shape index (κ2) is 6.76. The molecule has 4 rings (SSSR count). The number of amides is 3. The highest BCUT2D eigenvalue weighted by molar-refractivity contribution is 6.07. The lowest BCUT2D eigenvalue weighted by Gasteiger charge is -2.37. The van der Waals surface area contributed by atoms with Crippen LogP contribution in [0.3, 0.4) is 0 Å². The Kier molecular flexibility index (Phi) is 4.44. The van der Waals surface area contributed by atoms with Crippen molar-refractivity contribution in [2.24, 2.45) is 5.92 Å². The molecule has 3 heterocycles. The third-order valence-corrected chi connectivity index (χ3v) is 5.67. The number of nitrogens with one attached hydrogen (secondary N) is 2. The summed E-state index contributed by atoms with van der Waals surface area (Å²) in [5.41, 5.74) is 0.00711. The van der Waals surface area contributed by atoms with Crippen molar-refractivity contribution >= 4 is 22.9 Å². The Labute approximate surface area is 152 Å². The lowest BCUT2D eigenvalue weighted by molar-refractivity contribution is -0.134. The van der Waals surface area contributed by atoms with Gasteiger partial charge in [0.25, 0.3) is 5.91 Å². The Morgan fingerprint density at radius 3 is 2.73 bits per heavy atom. The molecule has 0 aliphatic carbocycles. The van der Waals surface area contributed by atoms with Crippen LogP contribution in [0.4, 0.5) is 4.79 Å². The standard InChI is InChI=1S/C20H25N3O3/c1-2-9-20(15-7-10-21-11-8-15)18(24)23(19(25)22-20)13-16-12-14-5-3-4-6-17(14)26-16/h3-6,12,15,21H,2,7-11,13H2,1H3,(H,22,25)/t20-/m0/s1. The topological polar surface area (TPSA) is 74.6 Å². The molecule has 0 radical (unpaired) electrons. The van der Waals surface area contributed by atoms with E-state index in [0.717, 1.165) is 43.3 Å². The van der Waals surface area contributed by atoms with Gasteiger partial charge in [0.15, 0.2) is 0 Å². The number of hydrogen-bond acceptors (Lipinski definition) is 4. The van der Waals surface area contributed by atoms with Gasteiger partial charge < -0.3 is 15.1 Å². The van der Waals surface area contributed by atoms with Crippen molar-refractivity contribution in [3.8, 4) is 0 Å². The number of imide groups is 1. The lowest BCUT2D eigenvalue weighted by atomic mass is 9.75. The van der Waals surface area contributed by atoms with Crippen molar-refractivity contribution in [2.45, 2.75) is 44.7 Å². The number of fused-ring (bicyclic) bond motifs is 1. The van der Waals surface area contributed by atoms with Crippen LogP contribution >= 0.6 is 0 Å². The molecule has 138 valence electrons. The predicted molar refractivity (Wildman–Crippen MR) is 98.5 cm³/mol. The summed E-state index contributed by atoms with van der Waals surface area (Å²) < 4.78 is 5.82. The Hall–Kier alpha value is -2.34. The highest BCUT2D eigenvalue weighted by Gasteiger charge is 2.55. The second-order valence-electron chi connectivity index (χ2n) is 7.32. The van der Waals surface area contributed by atoms with Crippen LogP contribution < -0.4 is 10.6 Å². The molecule has 6 nitrogen and oxygen atoms in total. The van der Waals surface area contributed by atoms with Crippen molar-refractivity contribution in [1.29, 1.82) is 0 Å². The highest BCUT2D eigenvalue weighted by atomic mass is 16.3. The van der Waals surface area contributed by atoms with Crippen molar-refractivity contribution in [3.63, 3.8) is 0 Å². The maximum absolute atomic E-state index is 13.3. The molecule has 26 heavy (non-hydrogen) atoms. The van der Waals surface area contributed by atoms with Gasteiger partial charge in [-0.25, -0.2) is 4.79 Å². The zero-order chi connectivity index (χ0) is 18.1. The Balaban J connectivity index is 1.60. The summed E-state index contributed by atoms with van der Waals surface area (Å²) in [6, 6.07) is 9.31. The Morgan fingerprint density at radius 2 is 2.00 bits per heavy atom. The molecule has 0 spiro atoms.